The average molecular weight is 335 g/mol. The molecule has 0 saturated heterocycles. The standard InChI is InChI=1S/C20H21N3O2/c1-4-11-25-17-8-6-5-7-16(17)19-21-18(22-20(24)23-19)15-10-9-13(2)12-14(15)3/h5-10,12H,4,11H2,1-3H3,(H,21,22,23,24). The molecule has 3 rings (SSSR count). The molecule has 5 heteroatoms. The van der Waals surface area contributed by atoms with Gasteiger partial charge in [-0.2, -0.15) is 4.98 Å². The minimum absolute atomic E-state index is 0.366. The third-order valence-corrected chi connectivity index (χ3v) is 3.88. The second kappa shape index (κ2) is 7.30. The maximum Gasteiger partial charge on any atom is 0.348 e. The van der Waals surface area contributed by atoms with Crippen LogP contribution in [0.15, 0.2) is 47.3 Å². The molecule has 128 valence electrons. The summed E-state index contributed by atoms with van der Waals surface area (Å²) >= 11 is 0. The number of ether oxygens (including phenoxy) is 1. The highest BCUT2D eigenvalue weighted by molar-refractivity contribution is 5.67. The van der Waals surface area contributed by atoms with Crippen molar-refractivity contribution < 1.29 is 4.74 Å². The predicted molar refractivity (Wildman–Crippen MR) is 98.8 cm³/mol. The van der Waals surface area contributed by atoms with Crippen molar-refractivity contribution in [2.45, 2.75) is 27.2 Å². The smallest absolute Gasteiger partial charge is 0.348 e. The van der Waals surface area contributed by atoms with Gasteiger partial charge in [-0.1, -0.05) is 42.8 Å². The molecule has 0 bridgehead atoms. The quantitative estimate of drug-likeness (QED) is 0.768. The van der Waals surface area contributed by atoms with E-state index in [1.807, 2.05) is 57.2 Å². The summed E-state index contributed by atoms with van der Waals surface area (Å²) in [4.78, 5) is 23.5. The number of hydrogen-bond donors (Lipinski definition) is 1. The van der Waals surface area contributed by atoms with Gasteiger partial charge in [0.1, 0.15) is 11.6 Å². The van der Waals surface area contributed by atoms with Crippen LogP contribution < -0.4 is 10.4 Å². The largest absolute Gasteiger partial charge is 0.493 e. The van der Waals surface area contributed by atoms with E-state index in [1.165, 1.54) is 0 Å². The molecule has 3 aromatic rings. The van der Waals surface area contributed by atoms with Crippen LogP contribution in [0, 0.1) is 13.8 Å². The molecule has 5 nitrogen and oxygen atoms in total. The Labute approximate surface area is 146 Å². The van der Waals surface area contributed by atoms with Crippen molar-refractivity contribution in [3.63, 3.8) is 0 Å². The van der Waals surface area contributed by atoms with Gasteiger partial charge in [0.25, 0.3) is 0 Å². The molecule has 0 unspecified atom stereocenters. The second-order valence-corrected chi connectivity index (χ2v) is 5.99. The van der Waals surface area contributed by atoms with Crippen LogP contribution in [-0.4, -0.2) is 21.6 Å². The Balaban J connectivity index is 2.11. The fourth-order valence-electron chi connectivity index (χ4n) is 2.70. The molecule has 0 atom stereocenters. The molecule has 0 spiro atoms. The Bertz CT molecular complexity index is 948. The van der Waals surface area contributed by atoms with Crippen molar-refractivity contribution in [3.05, 3.63) is 64.1 Å². The van der Waals surface area contributed by atoms with Crippen molar-refractivity contribution in [1.82, 2.24) is 15.0 Å². The first-order valence-corrected chi connectivity index (χ1v) is 8.36. The third-order valence-electron chi connectivity index (χ3n) is 3.88. The first-order chi connectivity index (χ1) is 12.1. The average Bonchev–Trinajstić information content (AvgIpc) is 2.59. The summed E-state index contributed by atoms with van der Waals surface area (Å²) in [5.74, 6) is 1.56. The number of nitrogens with one attached hydrogen (secondary N) is 1. The van der Waals surface area contributed by atoms with Crippen LogP contribution in [0.5, 0.6) is 5.75 Å². The van der Waals surface area contributed by atoms with Crippen molar-refractivity contribution in [2.24, 2.45) is 0 Å². The van der Waals surface area contributed by atoms with Gasteiger partial charge in [0.05, 0.1) is 12.2 Å². The van der Waals surface area contributed by atoms with Crippen molar-refractivity contribution in [1.29, 1.82) is 0 Å². The van der Waals surface area contributed by atoms with E-state index in [1.54, 1.807) is 0 Å². The summed E-state index contributed by atoms with van der Waals surface area (Å²) in [6.45, 7) is 6.68. The number of rotatable bonds is 5. The van der Waals surface area contributed by atoms with Crippen LogP contribution in [0.2, 0.25) is 0 Å². The van der Waals surface area contributed by atoms with Gasteiger partial charge >= 0.3 is 5.69 Å². The highest BCUT2D eigenvalue weighted by Crippen LogP contribution is 2.28. The first kappa shape index (κ1) is 16.9. The minimum atomic E-state index is -0.426. The Morgan fingerprint density at radius 2 is 1.84 bits per heavy atom. The fourth-order valence-corrected chi connectivity index (χ4v) is 2.70. The number of para-hydroxylation sites is 1. The van der Waals surface area contributed by atoms with Crippen LogP contribution in [0.1, 0.15) is 24.5 Å². The van der Waals surface area contributed by atoms with E-state index in [0.29, 0.717) is 29.6 Å². The van der Waals surface area contributed by atoms with E-state index < -0.39 is 5.69 Å². The maximum absolute atomic E-state index is 12.1. The summed E-state index contributed by atoms with van der Waals surface area (Å²) in [5.41, 5.74) is 3.39. The normalized spacial score (nSPS) is 10.7. The molecule has 2 aromatic carbocycles. The lowest BCUT2D eigenvalue weighted by atomic mass is 10.1. The van der Waals surface area contributed by atoms with Gasteiger partial charge in [0.15, 0.2) is 5.82 Å². The van der Waals surface area contributed by atoms with E-state index in [-0.39, 0.29) is 0 Å². The van der Waals surface area contributed by atoms with Gasteiger partial charge < -0.3 is 4.74 Å². The van der Waals surface area contributed by atoms with Crippen molar-refractivity contribution >= 4 is 0 Å². The van der Waals surface area contributed by atoms with Gasteiger partial charge in [0, 0.05) is 5.56 Å². The summed E-state index contributed by atoms with van der Waals surface area (Å²) in [6.07, 6.45) is 0.901. The molecule has 1 N–H and O–H groups in total. The molecule has 0 fully saturated rings. The number of hydrogen-bond acceptors (Lipinski definition) is 4. The molecule has 0 aliphatic rings. The molecular weight excluding hydrogens is 314 g/mol. The lowest BCUT2D eigenvalue weighted by molar-refractivity contribution is 0.318. The molecule has 25 heavy (non-hydrogen) atoms. The molecule has 0 aliphatic heterocycles. The zero-order chi connectivity index (χ0) is 17.8. The minimum Gasteiger partial charge on any atom is -0.493 e. The van der Waals surface area contributed by atoms with E-state index in [4.69, 9.17) is 4.74 Å². The molecule has 0 radical (unpaired) electrons. The van der Waals surface area contributed by atoms with E-state index in [9.17, 15) is 4.79 Å². The Morgan fingerprint density at radius 3 is 2.60 bits per heavy atom. The van der Waals surface area contributed by atoms with Crippen LogP contribution in [0.4, 0.5) is 0 Å². The number of aromatic amines is 1. The van der Waals surface area contributed by atoms with E-state index in [2.05, 4.69) is 21.0 Å². The van der Waals surface area contributed by atoms with Crippen molar-refractivity contribution in [2.75, 3.05) is 6.61 Å². The van der Waals surface area contributed by atoms with E-state index in [0.717, 1.165) is 23.1 Å². The maximum atomic E-state index is 12.1. The molecule has 0 aliphatic carbocycles. The van der Waals surface area contributed by atoms with Crippen LogP contribution in [0.3, 0.4) is 0 Å². The molecule has 0 saturated carbocycles. The number of benzene rings is 2. The topological polar surface area (TPSA) is 67.9 Å². The van der Waals surface area contributed by atoms with Gasteiger partial charge in [0.2, 0.25) is 0 Å². The molecule has 1 heterocycles. The zero-order valence-corrected chi connectivity index (χ0v) is 14.7. The Hall–Kier alpha value is -2.95. The highest BCUT2D eigenvalue weighted by Gasteiger charge is 2.13. The van der Waals surface area contributed by atoms with E-state index >= 15 is 0 Å². The van der Waals surface area contributed by atoms with Crippen LogP contribution >= 0.6 is 0 Å². The van der Waals surface area contributed by atoms with Crippen LogP contribution in [-0.2, 0) is 0 Å². The monoisotopic (exact) mass is 335 g/mol. The summed E-state index contributed by atoms with van der Waals surface area (Å²) in [5, 5.41) is 0. The lowest BCUT2D eigenvalue weighted by Gasteiger charge is -2.11. The molecule has 0 amide bonds. The highest BCUT2D eigenvalue weighted by atomic mass is 16.5. The lowest BCUT2D eigenvalue weighted by Crippen LogP contribution is -2.15. The van der Waals surface area contributed by atoms with Gasteiger partial charge in [-0.3, -0.25) is 4.98 Å². The second-order valence-electron chi connectivity index (χ2n) is 5.99. The third kappa shape index (κ3) is 3.76. The number of aryl methyl sites for hydroxylation is 2. The number of aromatic nitrogens is 3. The number of H-pyrrole nitrogens is 1. The Morgan fingerprint density at radius 1 is 1.04 bits per heavy atom. The summed E-state index contributed by atoms with van der Waals surface area (Å²) < 4.78 is 5.77. The SMILES string of the molecule is CCCOc1ccccc1-c1nc(-c2ccc(C)cc2C)[nH]c(=O)n1. The first-order valence-electron chi connectivity index (χ1n) is 8.36. The Kier molecular flexibility index (Phi) is 4.93. The molecule has 1 aromatic heterocycles. The van der Waals surface area contributed by atoms with Crippen LogP contribution in [0.25, 0.3) is 22.8 Å². The van der Waals surface area contributed by atoms with Gasteiger partial charge in [-0.15, -0.1) is 0 Å². The summed E-state index contributed by atoms with van der Waals surface area (Å²) in [6, 6.07) is 13.5. The zero-order valence-electron chi connectivity index (χ0n) is 14.7. The summed E-state index contributed by atoms with van der Waals surface area (Å²) in [7, 11) is 0. The number of nitrogens with zero attached hydrogens (tertiary/aromatic N) is 2. The predicted octanol–water partition coefficient (Wildman–Crippen LogP) is 3.90. The van der Waals surface area contributed by atoms with Crippen molar-refractivity contribution in [3.8, 4) is 28.5 Å². The van der Waals surface area contributed by atoms with Gasteiger partial charge in [-0.25, -0.2) is 9.78 Å². The van der Waals surface area contributed by atoms with Gasteiger partial charge in [-0.05, 0) is 38.0 Å². The molecular formula is C20H21N3O2. The fraction of sp³-hybridized carbons (Fsp3) is 0.250.